The highest BCUT2D eigenvalue weighted by Gasteiger charge is 2.34. The van der Waals surface area contributed by atoms with Crippen molar-refractivity contribution in [3.8, 4) is 0 Å². The van der Waals surface area contributed by atoms with E-state index in [9.17, 15) is 9.59 Å². The van der Waals surface area contributed by atoms with Gasteiger partial charge in [0.05, 0.1) is 0 Å². The van der Waals surface area contributed by atoms with Gasteiger partial charge in [0.2, 0.25) is 11.8 Å². The van der Waals surface area contributed by atoms with Crippen LogP contribution in [0.25, 0.3) is 0 Å². The predicted octanol–water partition coefficient (Wildman–Crippen LogP) is 1.91. The van der Waals surface area contributed by atoms with Crippen LogP contribution in [0.1, 0.15) is 19.3 Å². The van der Waals surface area contributed by atoms with Crippen molar-refractivity contribution in [3.63, 3.8) is 0 Å². The van der Waals surface area contributed by atoms with E-state index >= 15 is 0 Å². The van der Waals surface area contributed by atoms with Crippen molar-refractivity contribution in [2.24, 2.45) is 5.92 Å². The van der Waals surface area contributed by atoms with Crippen LogP contribution < -0.4 is 5.32 Å². The zero-order valence-corrected chi connectivity index (χ0v) is 12.8. The Morgan fingerprint density at radius 2 is 2.10 bits per heavy atom. The van der Waals surface area contributed by atoms with E-state index in [0.29, 0.717) is 18.8 Å². The molecule has 1 unspecified atom stereocenters. The van der Waals surface area contributed by atoms with Gasteiger partial charge in [-0.05, 0) is 30.9 Å². The van der Waals surface area contributed by atoms with E-state index in [0.717, 1.165) is 25.3 Å². The van der Waals surface area contributed by atoms with Crippen LogP contribution in [0.2, 0.25) is 0 Å². The number of nitrogens with zero attached hydrogens (tertiary/aromatic N) is 1. The zero-order chi connectivity index (χ0) is 14.7. The minimum absolute atomic E-state index is 0.00345. The van der Waals surface area contributed by atoms with Gasteiger partial charge >= 0.3 is 0 Å². The molecule has 3 rings (SSSR count). The number of likely N-dealkylation sites (tertiary alicyclic amines) is 1. The molecule has 0 saturated carbocycles. The van der Waals surface area contributed by atoms with Crippen LogP contribution >= 0.6 is 11.8 Å². The van der Waals surface area contributed by atoms with Gasteiger partial charge in [-0.1, -0.05) is 18.2 Å². The Kier molecular flexibility index (Phi) is 4.48. The molecule has 0 radical (unpaired) electrons. The summed E-state index contributed by atoms with van der Waals surface area (Å²) in [6.07, 6.45) is 2.20. The van der Waals surface area contributed by atoms with E-state index in [2.05, 4.69) is 29.6 Å². The van der Waals surface area contributed by atoms with Crippen molar-refractivity contribution in [2.75, 3.05) is 18.8 Å². The molecule has 2 atom stereocenters. The topological polar surface area (TPSA) is 49.4 Å². The SMILES string of the molecule is O=C1CC[C@H](C(=O)N2CCC(CSc3ccccc3)C2)N1. The van der Waals surface area contributed by atoms with Gasteiger partial charge in [-0.2, -0.15) is 0 Å². The lowest BCUT2D eigenvalue weighted by atomic mass is 10.1. The average Bonchev–Trinajstić information content (AvgIpc) is 3.14. The molecule has 2 fully saturated rings. The summed E-state index contributed by atoms with van der Waals surface area (Å²) >= 11 is 1.86. The lowest BCUT2D eigenvalue weighted by Gasteiger charge is -2.20. The highest BCUT2D eigenvalue weighted by molar-refractivity contribution is 7.99. The second-order valence-electron chi connectivity index (χ2n) is 5.72. The van der Waals surface area contributed by atoms with Crippen molar-refractivity contribution >= 4 is 23.6 Å². The maximum atomic E-state index is 12.3. The smallest absolute Gasteiger partial charge is 0.245 e. The highest BCUT2D eigenvalue weighted by atomic mass is 32.2. The van der Waals surface area contributed by atoms with E-state index < -0.39 is 0 Å². The molecular formula is C16H20N2O2S. The molecule has 112 valence electrons. The molecule has 21 heavy (non-hydrogen) atoms. The van der Waals surface area contributed by atoms with Crippen molar-refractivity contribution in [2.45, 2.75) is 30.2 Å². The minimum Gasteiger partial charge on any atom is -0.344 e. The van der Waals surface area contributed by atoms with Gasteiger partial charge < -0.3 is 10.2 Å². The molecule has 1 N–H and O–H groups in total. The van der Waals surface area contributed by atoms with Crippen LogP contribution in [0.3, 0.4) is 0 Å². The summed E-state index contributed by atoms with van der Waals surface area (Å²) in [4.78, 5) is 26.7. The van der Waals surface area contributed by atoms with Crippen molar-refractivity contribution in [1.29, 1.82) is 0 Å². The Balaban J connectivity index is 1.47. The first-order valence-electron chi connectivity index (χ1n) is 7.48. The third kappa shape index (κ3) is 3.59. The number of nitrogens with one attached hydrogen (secondary N) is 1. The highest BCUT2D eigenvalue weighted by Crippen LogP contribution is 2.26. The fourth-order valence-electron chi connectivity index (χ4n) is 2.92. The van der Waals surface area contributed by atoms with Crippen LogP contribution in [0, 0.1) is 5.92 Å². The molecular weight excluding hydrogens is 284 g/mol. The summed E-state index contributed by atoms with van der Waals surface area (Å²) in [5.74, 6) is 1.71. The fraction of sp³-hybridized carbons (Fsp3) is 0.500. The van der Waals surface area contributed by atoms with Crippen LogP contribution in [-0.4, -0.2) is 41.6 Å². The molecule has 1 aromatic carbocycles. The van der Waals surface area contributed by atoms with Crippen LogP contribution in [0.5, 0.6) is 0 Å². The van der Waals surface area contributed by atoms with Gasteiger partial charge in [0, 0.05) is 30.2 Å². The van der Waals surface area contributed by atoms with E-state index in [1.165, 1.54) is 4.90 Å². The number of rotatable bonds is 4. The van der Waals surface area contributed by atoms with E-state index in [1.54, 1.807) is 0 Å². The first-order chi connectivity index (χ1) is 10.2. The number of benzene rings is 1. The van der Waals surface area contributed by atoms with Crippen molar-refractivity contribution < 1.29 is 9.59 Å². The maximum Gasteiger partial charge on any atom is 0.245 e. The van der Waals surface area contributed by atoms with Gasteiger partial charge in [0.25, 0.3) is 0 Å². The molecule has 0 spiro atoms. The Morgan fingerprint density at radius 3 is 2.81 bits per heavy atom. The standard InChI is InChI=1S/C16H20N2O2S/c19-15-7-6-14(17-15)16(20)18-9-8-12(10-18)11-21-13-4-2-1-3-5-13/h1-5,12,14H,6-11H2,(H,17,19)/t12?,14-/m1/s1. The predicted molar refractivity (Wildman–Crippen MR) is 83.0 cm³/mol. The summed E-state index contributed by atoms with van der Waals surface area (Å²) in [5, 5.41) is 2.77. The summed E-state index contributed by atoms with van der Waals surface area (Å²) in [6.45, 7) is 1.65. The van der Waals surface area contributed by atoms with E-state index in [4.69, 9.17) is 0 Å². The third-order valence-electron chi connectivity index (χ3n) is 4.12. The van der Waals surface area contributed by atoms with Crippen molar-refractivity contribution in [1.82, 2.24) is 10.2 Å². The van der Waals surface area contributed by atoms with E-state index in [-0.39, 0.29) is 17.9 Å². The Morgan fingerprint density at radius 1 is 1.29 bits per heavy atom. The molecule has 2 saturated heterocycles. The molecule has 0 aromatic heterocycles. The zero-order valence-electron chi connectivity index (χ0n) is 12.0. The van der Waals surface area contributed by atoms with Crippen molar-refractivity contribution in [3.05, 3.63) is 30.3 Å². The first-order valence-corrected chi connectivity index (χ1v) is 8.47. The molecule has 5 heteroatoms. The minimum atomic E-state index is -0.280. The Labute approximate surface area is 129 Å². The lowest BCUT2D eigenvalue weighted by molar-refractivity contribution is -0.133. The monoisotopic (exact) mass is 304 g/mol. The van der Waals surface area contributed by atoms with Crippen LogP contribution in [0.4, 0.5) is 0 Å². The third-order valence-corrected chi connectivity index (χ3v) is 5.36. The molecule has 2 amide bonds. The normalized spacial score (nSPS) is 25.1. The molecule has 1 aromatic rings. The number of amides is 2. The maximum absolute atomic E-state index is 12.3. The average molecular weight is 304 g/mol. The number of carbonyl (C=O) groups excluding carboxylic acids is 2. The fourth-order valence-corrected chi connectivity index (χ4v) is 3.97. The molecule has 0 aliphatic carbocycles. The summed E-state index contributed by atoms with van der Waals surface area (Å²) in [7, 11) is 0. The number of hydrogen-bond acceptors (Lipinski definition) is 3. The number of thioether (sulfide) groups is 1. The second kappa shape index (κ2) is 6.52. The van der Waals surface area contributed by atoms with Crippen LogP contribution in [0.15, 0.2) is 35.2 Å². The van der Waals surface area contributed by atoms with Gasteiger partial charge in [-0.3, -0.25) is 9.59 Å². The molecule has 2 heterocycles. The Hall–Kier alpha value is -1.49. The summed E-state index contributed by atoms with van der Waals surface area (Å²) < 4.78 is 0. The molecule has 2 aliphatic rings. The second-order valence-corrected chi connectivity index (χ2v) is 6.82. The largest absolute Gasteiger partial charge is 0.344 e. The number of hydrogen-bond donors (Lipinski definition) is 1. The molecule has 2 aliphatic heterocycles. The van der Waals surface area contributed by atoms with Crippen LogP contribution in [-0.2, 0) is 9.59 Å². The number of carbonyl (C=O) groups is 2. The Bertz CT molecular complexity index is 520. The van der Waals surface area contributed by atoms with E-state index in [1.807, 2.05) is 22.7 Å². The van der Waals surface area contributed by atoms with Gasteiger partial charge in [0.15, 0.2) is 0 Å². The van der Waals surface area contributed by atoms with Gasteiger partial charge in [0.1, 0.15) is 6.04 Å². The molecule has 0 bridgehead atoms. The first kappa shape index (κ1) is 14.4. The lowest BCUT2D eigenvalue weighted by Crippen LogP contribution is -2.43. The van der Waals surface area contributed by atoms with Gasteiger partial charge in [-0.25, -0.2) is 0 Å². The molecule has 4 nitrogen and oxygen atoms in total. The van der Waals surface area contributed by atoms with Gasteiger partial charge in [-0.15, -0.1) is 11.8 Å². The summed E-state index contributed by atoms with van der Waals surface area (Å²) in [6, 6.07) is 10.1. The summed E-state index contributed by atoms with van der Waals surface area (Å²) in [5.41, 5.74) is 0. The quantitative estimate of drug-likeness (QED) is 0.865.